The summed E-state index contributed by atoms with van der Waals surface area (Å²) in [7, 11) is 0. The van der Waals surface area contributed by atoms with Crippen molar-refractivity contribution in [2.24, 2.45) is 0 Å². The molecule has 1 fully saturated rings. The van der Waals surface area contributed by atoms with Gasteiger partial charge in [0.05, 0.1) is 5.69 Å². The van der Waals surface area contributed by atoms with E-state index in [2.05, 4.69) is 27.2 Å². The molecule has 0 spiro atoms. The van der Waals surface area contributed by atoms with Gasteiger partial charge in [-0.25, -0.2) is 4.98 Å². The van der Waals surface area contributed by atoms with Crippen LogP contribution >= 0.6 is 0 Å². The summed E-state index contributed by atoms with van der Waals surface area (Å²) in [6, 6.07) is 14.9. The number of pyridine rings is 1. The maximum Gasteiger partial charge on any atom is 0.257 e. The molecule has 5 rings (SSSR count). The van der Waals surface area contributed by atoms with Gasteiger partial charge in [-0.3, -0.25) is 4.79 Å². The molecule has 1 aliphatic carbocycles. The molecule has 4 aromatic rings. The largest absolute Gasteiger partial charge is 0.306 e. The molecule has 1 saturated carbocycles. The zero-order valence-electron chi connectivity index (χ0n) is 12.2. The highest BCUT2D eigenvalue weighted by molar-refractivity contribution is 5.81. The van der Waals surface area contributed by atoms with Crippen LogP contribution in [0.2, 0.25) is 0 Å². The van der Waals surface area contributed by atoms with Gasteiger partial charge in [-0.15, -0.1) is 0 Å². The van der Waals surface area contributed by atoms with Gasteiger partial charge in [-0.05, 0) is 42.7 Å². The average molecular weight is 300 g/mol. The van der Waals surface area contributed by atoms with Gasteiger partial charge in [0.2, 0.25) is 0 Å². The lowest BCUT2D eigenvalue weighted by molar-refractivity contribution is 0.896. The van der Waals surface area contributed by atoms with Crippen molar-refractivity contribution in [3.05, 3.63) is 64.7 Å². The van der Waals surface area contributed by atoms with E-state index in [1.165, 1.54) is 12.8 Å². The van der Waals surface area contributed by atoms with Crippen molar-refractivity contribution in [1.82, 2.24) is 19.6 Å². The maximum atomic E-state index is 12.5. The van der Waals surface area contributed by atoms with Crippen LogP contribution in [0.4, 0.5) is 0 Å². The van der Waals surface area contributed by atoms with Crippen LogP contribution in [-0.2, 0) is 0 Å². The standard InChI is InChI=1S/C18H12N4O/c23-18-14(11-4-2-1-3-5-11)8-13-10-19-16-9-15(12-6-7-12)21-22(16)17(13)20-18/h2,4-5,8-10,12H,6-7H2,(H,20,23). The van der Waals surface area contributed by atoms with Crippen LogP contribution in [-0.4, -0.2) is 19.6 Å². The van der Waals surface area contributed by atoms with Gasteiger partial charge >= 0.3 is 0 Å². The Morgan fingerprint density at radius 1 is 1.26 bits per heavy atom. The summed E-state index contributed by atoms with van der Waals surface area (Å²) >= 11 is 0. The second-order valence-electron chi connectivity index (χ2n) is 5.91. The number of fused-ring (bicyclic) bond motifs is 3. The summed E-state index contributed by atoms with van der Waals surface area (Å²) in [5.41, 5.74) is 3.77. The van der Waals surface area contributed by atoms with E-state index in [0.717, 1.165) is 22.3 Å². The van der Waals surface area contributed by atoms with Crippen LogP contribution in [0.1, 0.15) is 24.5 Å². The number of hydrogen-bond donors (Lipinski definition) is 1. The predicted octanol–water partition coefficient (Wildman–Crippen LogP) is 2.72. The molecular weight excluding hydrogens is 288 g/mol. The van der Waals surface area contributed by atoms with Gasteiger partial charge < -0.3 is 4.98 Å². The van der Waals surface area contributed by atoms with E-state index in [1.807, 2.05) is 18.2 Å². The molecule has 0 saturated heterocycles. The number of aromatic nitrogens is 4. The predicted molar refractivity (Wildman–Crippen MR) is 86.2 cm³/mol. The topological polar surface area (TPSA) is 63.0 Å². The van der Waals surface area contributed by atoms with Crippen LogP contribution in [0.15, 0.2) is 41.3 Å². The lowest BCUT2D eigenvalue weighted by Crippen LogP contribution is -2.11. The molecular formula is C18H12N4O. The molecule has 0 bridgehead atoms. The summed E-state index contributed by atoms with van der Waals surface area (Å²) in [5.74, 6) is 0.550. The number of H-pyrrole nitrogens is 1. The van der Waals surface area contributed by atoms with Crippen LogP contribution in [0.3, 0.4) is 0 Å². The van der Waals surface area contributed by atoms with Crippen LogP contribution < -0.4 is 5.56 Å². The van der Waals surface area contributed by atoms with Crippen LogP contribution in [0, 0.1) is 12.1 Å². The lowest BCUT2D eigenvalue weighted by atomic mass is 10.1. The Labute approximate surface area is 131 Å². The Morgan fingerprint density at radius 2 is 2.17 bits per heavy atom. The molecule has 5 nitrogen and oxygen atoms in total. The normalized spacial score (nSPS) is 14.3. The zero-order valence-corrected chi connectivity index (χ0v) is 12.2. The van der Waals surface area contributed by atoms with Crippen LogP contribution in [0.5, 0.6) is 0 Å². The second-order valence-corrected chi connectivity index (χ2v) is 5.91. The SMILES string of the molecule is O=c1[nH]c2c(cnc3cc(C4CC4)nn32)cc1-c1cc#ccc1. The fourth-order valence-electron chi connectivity index (χ4n) is 2.90. The molecule has 0 unspecified atom stereocenters. The quantitative estimate of drug-likeness (QED) is 0.619. The summed E-state index contributed by atoms with van der Waals surface area (Å²) < 4.78 is 1.74. The summed E-state index contributed by atoms with van der Waals surface area (Å²) in [6.45, 7) is 0. The van der Waals surface area contributed by atoms with Crippen molar-refractivity contribution < 1.29 is 0 Å². The molecule has 3 heterocycles. The first-order valence-corrected chi connectivity index (χ1v) is 7.59. The van der Waals surface area contributed by atoms with Gasteiger partial charge in [0, 0.05) is 29.1 Å². The zero-order chi connectivity index (χ0) is 15.4. The second kappa shape index (κ2) is 4.43. The molecule has 0 aliphatic heterocycles. The molecule has 5 heteroatoms. The van der Waals surface area contributed by atoms with Crippen molar-refractivity contribution in [2.45, 2.75) is 18.8 Å². The van der Waals surface area contributed by atoms with Gasteiger partial charge in [-0.2, -0.15) is 9.61 Å². The monoisotopic (exact) mass is 300 g/mol. The van der Waals surface area contributed by atoms with Crippen molar-refractivity contribution in [3.63, 3.8) is 0 Å². The summed E-state index contributed by atoms with van der Waals surface area (Å²) in [6.07, 6.45) is 4.15. The Hall–Kier alpha value is -3.13. The number of nitrogens with one attached hydrogen (secondary N) is 1. The molecule has 1 aromatic carbocycles. The first kappa shape index (κ1) is 12.4. The highest BCUT2D eigenvalue weighted by Crippen LogP contribution is 2.39. The third-order valence-electron chi connectivity index (χ3n) is 4.27. The molecule has 0 atom stereocenters. The number of aromatic amines is 1. The Balaban J connectivity index is 1.78. The Morgan fingerprint density at radius 3 is 2.96 bits per heavy atom. The first-order chi connectivity index (χ1) is 11.3. The highest BCUT2D eigenvalue weighted by atomic mass is 16.1. The van der Waals surface area contributed by atoms with Gasteiger partial charge in [0.15, 0.2) is 5.65 Å². The molecule has 0 amide bonds. The number of nitrogens with zero attached hydrogens (tertiary/aromatic N) is 3. The van der Waals surface area contributed by atoms with E-state index >= 15 is 0 Å². The van der Waals surface area contributed by atoms with Crippen molar-refractivity contribution >= 4 is 16.7 Å². The van der Waals surface area contributed by atoms with Crippen molar-refractivity contribution in [1.29, 1.82) is 0 Å². The maximum absolute atomic E-state index is 12.5. The summed E-state index contributed by atoms with van der Waals surface area (Å²) in [4.78, 5) is 19.9. The van der Waals surface area contributed by atoms with E-state index in [-0.39, 0.29) is 5.56 Å². The Kier molecular flexibility index (Phi) is 2.39. The van der Waals surface area contributed by atoms with E-state index < -0.39 is 0 Å². The third kappa shape index (κ3) is 1.92. The van der Waals surface area contributed by atoms with Gasteiger partial charge in [0.25, 0.3) is 5.56 Å². The molecule has 1 N–H and O–H groups in total. The average Bonchev–Trinajstić information content (AvgIpc) is 3.34. The minimum Gasteiger partial charge on any atom is -0.306 e. The van der Waals surface area contributed by atoms with E-state index in [0.29, 0.717) is 17.1 Å². The fourth-order valence-corrected chi connectivity index (χ4v) is 2.90. The fraction of sp³-hybridized carbons (Fsp3) is 0.167. The number of rotatable bonds is 2. The highest BCUT2D eigenvalue weighted by Gasteiger charge is 2.26. The Bertz CT molecular complexity index is 1090. The van der Waals surface area contributed by atoms with Gasteiger partial charge in [0.1, 0.15) is 5.65 Å². The van der Waals surface area contributed by atoms with Gasteiger partial charge in [-0.1, -0.05) is 12.1 Å². The molecule has 110 valence electrons. The molecule has 23 heavy (non-hydrogen) atoms. The van der Waals surface area contributed by atoms with Crippen molar-refractivity contribution in [3.8, 4) is 11.1 Å². The van der Waals surface area contributed by atoms with E-state index in [1.54, 1.807) is 22.8 Å². The van der Waals surface area contributed by atoms with Crippen molar-refractivity contribution in [2.75, 3.05) is 0 Å². The minimum atomic E-state index is -0.145. The van der Waals surface area contributed by atoms with E-state index in [9.17, 15) is 4.79 Å². The first-order valence-electron chi connectivity index (χ1n) is 7.59. The third-order valence-corrected chi connectivity index (χ3v) is 4.27. The summed E-state index contributed by atoms with van der Waals surface area (Å²) in [5, 5.41) is 5.47. The lowest BCUT2D eigenvalue weighted by Gasteiger charge is -2.04. The number of hydrogen-bond acceptors (Lipinski definition) is 3. The minimum absolute atomic E-state index is 0.145. The molecule has 3 aromatic heterocycles. The molecule has 1 aliphatic rings. The van der Waals surface area contributed by atoms with E-state index in [4.69, 9.17) is 0 Å². The molecule has 0 radical (unpaired) electrons. The smallest absolute Gasteiger partial charge is 0.257 e. The van der Waals surface area contributed by atoms with Crippen LogP contribution in [0.25, 0.3) is 27.8 Å².